The van der Waals surface area contributed by atoms with Gasteiger partial charge in [-0.25, -0.2) is 13.8 Å². The molecule has 2 aromatic heterocycles. The number of H-pyrrole nitrogens is 1. The van der Waals surface area contributed by atoms with Crippen molar-refractivity contribution >= 4 is 16.9 Å². The van der Waals surface area contributed by atoms with Gasteiger partial charge in [-0.3, -0.25) is 4.79 Å². The van der Waals surface area contributed by atoms with Crippen LogP contribution >= 0.6 is 0 Å². The third-order valence-corrected chi connectivity index (χ3v) is 3.73. The highest BCUT2D eigenvalue weighted by molar-refractivity contribution is 5.93. The highest BCUT2D eigenvalue weighted by atomic mass is 19.1. The number of ether oxygens (including phenoxy) is 1. The number of methoxy groups -OCH3 is 1. The number of nitrogens with one attached hydrogen (secondary N) is 1. The zero-order valence-corrected chi connectivity index (χ0v) is 12.5. The van der Waals surface area contributed by atoms with Gasteiger partial charge >= 0.3 is 0 Å². The van der Waals surface area contributed by atoms with E-state index in [0.29, 0.717) is 16.8 Å². The number of aromatic amines is 1. The van der Waals surface area contributed by atoms with E-state index in [9.17, 15) is 18.7 Å². The molecule has 124 valence electrons. The molecule has 0 aliphatic heterocycles. The number of primary amides is 1. The van der Waals surface area contributed by atoms with Crippen LogP contribution in [0.2, 0.25) is 0 Å². The van der Waals surface area contributed by atoms with Gasteiger partial charge in [0.05, 0.1) is 24.4 Å². The molecule has 8 heteroatoms. The molecule has 3 aromatic rings. The molecule has 6 nitrogen and oxygen atoms in total. The molecule has 0 radical (unpaired) electrons. The molecule has 1 aromatic carbocycles. The standard InChI is InChI=1S/C16H13F2N3O3/c1-24-7-4-9-10(6-21-16(9)20-5-7)14(22)12-11(17)3-2-8(13(12)18)15(19)23/h2-6,14,22H,1H3,(H2,19,23)(H,20,21). The predicted octanol–water partition coefficient (Wildman–Crippen LogP) is 2.03. The van der Waals surface area contributed by atoms with E-state index in [2.05, 4.69) is 9.97 Å². The van der Waals surface area contributed by atoms with E-state index in [4.69, 9.17) is 10.5 Å². The molecule has 1 amide bonds. The molecule has 1 unspecified atom stereocenters. The Morgan fingerprint density at radius 1 is 1.42 bits per heavy atom. The van der Waals surface area contributed by atoms with Crippen LogP contribution in [-0.4, -0.2) is 28.1 Å². The molecule has 0 aliphatic rings. The zero-order valence-electron chi connectivity index (χ0n) is 12.5. The number of aliphatic hydroxyl groups excluding tert-OH is 1. The second-order valence-corrected chi connectivity index (χ2v) is 5.10. The van der Waals surface area contributed by atoms with E-state index in [1.54, 1.807) is 6.07 Å². The van der Waals surface area contributed by atoms with E-state index >= 15 is 0 Å². The molecule has 0 saturated carbocycles. The van der Waals surface area contributed by atoms with Gasteiger partial charge in [-0.2, -0.15) is 0 Å². The van der Waals surface area contributed by atoms with E-state index < -0.39 is 34.8 Å². The van der Waals surface area contributed by atoms with Gasteiger partial charge in [0.15, 0.2) is 0 Å². The number of fused-ring (bicyclic) bond motifs is 1. The van der Waals surface area contributed by atoms with Gasteiger partial charge in [0.25, 0.3) is 5.91 Å². The monoisotopic (exact) mass is 333 g/mol. The Morgan fingerprint density at radius 2 is 2.17 bits per heavy atom. The van der Waals surface area contributed by atoms with E-state index in [-0.39, 0.29) is 5.56 Å². The first-order valence-electron chi connectivity index (χ1n) is 6.90. The molecule has 1 atom stereocenters. The lowest BCUT2D eigenvalue weighted by Gasteiger charge is -2.14. The topological polar surface area (TPSA) is 101 Å². The second kappa shape index (κ2) is 5.89. The van der Waals surface area contributed by atoms with E-state index in [0.717, 1.165) is 12.1 Å². The van der Waals surface area contributed by atoms with Gasteiger partial charge in [-0.05, 0) is 18.2 Å². The van der Waals surface area contributed by atoms with Gasteiger partial charge in [0.1, 0.15) is 29.1 Å². The van der Waals surface area contributed by atoms with Crippen LogP contribution < -0.4 is 10.5 Å². The minimum Gasteiger partial charge on any atom is -0.495 e. The Hall–Kier alpha value is -3.00. The third-order valence-electron chi connectivity index (χ3n) is 3.73. The molecule has 3 rings (SSSR count). The number of nitrogens with two attached hydrogens (primary N) is 1. The Kier molecular flexibility index (Phi) is 3.90. The average Bonchev–Trinajstić information content (AvgIpc) is 2.97. The minimum atomic E-state index is -1.66. The van der Waals surface area contributed by atoms with Gasteiger partial charge in [0.2, 0.25) is 0 Å². The van der Waals surface area contributed by atoms with Crippen LogP contribution in [0.5, 0.6) is 5.75 Å². The van der Waals surface area contributed by atoms with Gasteiger partial charge in [0, 0.05) is 17.1 Å². The highest BCUT2D eigenvalue weighted by Crippen LogP contribution is 2.33. The van der Waals surface area contributed by atoms with Gasteiger partial charge in [-0.15, -0.1) is 0 Å². The normalized spacial score (nSPS) is 12.3. The molecule has 4 N–H and O–H groups in total. The zero-order chi connectivity index (χ0) is 17.4. The first-order valence-corrected chi connectivity index (χ1v) is 6.90. The van der Waals surface area contributed by atoms with Crippen LogP contribution in [0.1, 0.15) is 27.6 Å². The lowest BCUT2D eigenvalue weighted by atomic mass is 9.98. The summed E-state index contributed by atoms with van der Waals surface area (Å²) >= 11 is 0. The summed E-state index contributed by atoms with van der Waals surface area (Å²) in [5, 5.41) is 10.9. The first kappa shape index (κ1) is 15.9. The highest BCUT2D eigenvalue weighted by Gasteiger charge is 2.26. The molecule has 0 spiro atoms. The summed E-state index contributed by atoms with van der Waals surface area (Å²) in [4.78, 5) is 18.1. The summed E-state index contributed by atoms with van der Waals surface area (Å²) in [6.45, 7) is 0. The number of aromatic nitrogens is 2. The van der Waals surface area contributed by atoms with Crippen molar-refractivity contribution in [3.05, 3.63) is 58.9 Å². The van der Waals surface area contributed by atoms with Crippen LogP contribution in [0.25, 0.3) is 11.0 Å². The number of halogens is 2. The van der Waals surface area contributed by atoms with Gasteiger partial charge in [-0.1, -0.05) is 0 Å². The molecule has 0 aliphatic carbocycles. The fourth-order valence-corrected chi connectivity index (χ4v) is 2.51. The summed E-state index contributed by atoms with van der Waals surface area (Å²) in [5.74, 6) is -2.82. The average molecular weight is 333 g/mol. The molecular formula is C16H13F2N3O3. The maximum absolute atomic E-state index is 14.4. The molecule has 0 saturated heterocycles. The number of hydrogen-bond acceptors (Lipinski definition) is 4. The molecule has 24 heavy (non-hydrogen) atoms. The molecule has 0 fully saturated rings. The summed E-state index contributed by atoms with van der Waals surface area (Å²) < 4.78 is 33.6. The Bertz CT molecular complexity index is 940. The Balaban J connectivity index is 2.18. The van der Waals surface area contributed by atoms with Crippen molar-refractivity contribution in [3.8, 4) is 5.75 Å². The second-order valence-electron chi connectivity index (χ2n) is 5.10. The number of hydrogen-bond donors (Lipinski definition) is 3. The van der Waals surface area contributed by atoms with Crippen molar-refractivity contribution in [2.75, 3.05) is 7.11 Å². The van der Waals surface area contributed by atoms with Crippen molar-refractivity contribution in [2.24, 2.45) is 5.73 Å². The Labute approximate surface area is 134 Å². The number of benzene rings is 1. The predicted molar refractivity (Wildman–Crippen MR) is 81.6 cm³/mol. The number of nitrogens with zero attached hydrogens (tertiary/aromatic N) is 1. The number of carbonyl (C=O) groups excluding carboxylic acids is 1. The van der Waals surface area contributed by atoms with Crippen LogP contribution in [-0.2, 0) is 0 Å². The molecular weight excluding hydrogens is 320 g/mol. The van der Waals surface area contributed by atoms with E-state index in [1.165, 1.54) is 19.5 Å². The van der Waals surface area contributed by atoms with Crippen molar-refractivity contribution in [1.82, 2.24) is 9.97 Å². The number of carbonyl (C=O) groups is 1. The van der Waals surface area contributed by atoms with Crippen LogP contribution in [0.15, 0.2) is 30.6 Å². The molecule has 2 heterocycles. The Morgan fingerprint density at radius 3 is 2.83 bits per heavy atom. The maximum atomic E-state index is 14.4. The fourth-order valence-electron chi connectivity index (χ4n) is 2.51. The van der Waals surface area contributed by atoms with Crippen LogP contribution in [0, 0.1) is 11.6 Å². The minimum absolute atomic E-state index is 0.191. The lowest BCUT2D eigenvalue weighted by Crippen LogP contribution is -2.16. The van der Waals surface area contributed by atoms with Gasteiger partial charge < -0.3 is 20.6 Å². The van der Waals surface area contributed by atoms with Crippen molar-refractivity contribution in [1.29, 1.82) is 0 Å². The summed E-state index contributed by atoms with van der Waals surface area (Å²) in [7, 11) is 1.45. The van der Waals surface area contributed by atoms with Crippen LogP contribution in [0.3, 0.4) is 0 Å². The fraction of sp³-hybridized carbons (Fsp3) is 0.125. The van der Waals surface area contributed by atoms with Crippen molar-refractivity contribution in [2.45, 2.75) is 6.10 Å². The lowest BCUT2D eigenvalue weighted by molar-refractivity contribution is 0.0995. The maximum Gasteiger partial charge on any atom is 0.251 e. The summed E-state index contributed by atoms with van der Waals surface area (Å²) in [5.41, 5.74) is 4.51. The number of amides is 1. The molecule has 0 bridgehead atoms. The number of rotatable bonds is 4. The van der Waals surface area contributed by atoms with Crippen molar-refractivity contribution in [3.63, 3.8) is 0 Å². The first-order chi connectivity index (χ1) is 11.4. The third kappa shape index (κ3) is 2.46. The largest absolute Gasteiger partial charge is 0.495 e. The number of aliphatic hydroxyl groups is 1. The smallest absolute Gasteiger partial charge is 0.251 e. The number of pyridine rings is 1. The van der Waals surface area contributed by atoms with Crippen molar-refractivity contribution < 1.29 is 23.4 Å². The summed E-state index contributed by atoms with van der Waals surface area (Å²) in [6.07, 6.45) is 1.19. The quantitative estimate of drug-likeness (QED) is 0.680. The van der Waals surface area contributed by atoms with Crippen LogP contribution in [0.4, 0.5) is 8.78 Å². The summed E-state index contributed by atoms with van der Waals surface area (Å²) in [6, 6.07) is 3.39. The SMILES string of the molecule is COc1cnc2[nH]cc(C(O)c3c(F)ccc(C(N)=O)c3F)c2c1. The van der Waals surface area contributed by atoms with E-state index in [1.807, 2.05) is 0 Å².